The summed E-state index contributed by atoms with van der Waals surface area (Å²) in [6, 6.07) is -0.399. The molecule has 2 fully saturated rings. The van der Waals surface area contributed by atoms with E-state index in [-0.39, 0.29) is 36.6 Å². The van der Waals surface area contributed by atoms with Gasteiger partial charge in [-0.2, -0.15) is 0 Å². The van der Waals surface area contributed by atoms with E-state index in [9.17, 15) is 9.59 Å². The first-order valence-electron chi connectivity index (χ1n) is 9.80. The number of hydrogen-bond acceptors (Lipinski definition) is 4. The zero-order chi connectivity index (χ0) is 18.6. The predicted molar refractivity (Wildman–Crippen MR) is 114 cm³/mol. The van der Waals surface area contributed by atoms with E-state index < -0.39 is 6.04 Å². The van der Waals surface area contributed by atoms with Gasteiger partial charge in [0.25, 0.3) is 0 Å². The van der Waals surface area contributed by atoms with Gasteiger partial charge in [0.2, 0.25) is 11.8 Å². The Morgan fingerprint density at radius 2 is 1.48 bits per heavy atom. The molecule has 2 aliphatic heterocycles. The van der Waals surface area contributed by atoms with Crippen molar-refractivity contribution in [1.82, 2.24) is 14.7 Å². The molecule has 0 radical (unpaired) electrons. The van der Waals surface area contributed by atoms with Gasteiger partial charge >= 0.3 is 0 Å². The van der Waals surface area contributed by atoms with Gasteiger partial charge in [-0.25, -0.2) is 0 Å². The fourth-order valence-electron chi connectivity index (χ4n) is 4.13. The van der Waals surface area contributed by atoms with E-state index in [0.29, 0.717) is 37.4 Å². The van der Waals surface area contributed by atoms with Crippen molar-refractivity contribution in [1.29, 1.82) is 0 Å². The van der Waals surface area contributed by atoms with Crippen molar-refractivity contribution in [3.05, 3.63) is 0 Å². The van der Waals surface area contributed by atoms with Crippen molar-refractivity contribution in [3.8, 4) is 0 Å². The molecular formula is C19H38Cl2N4O2. The van der Waals surface area contributed by atoms with Crippen LogP contribution in [0.15, 0.2) is 0 Å². The first kappa shape index (κ1) is 26.4. The molecule has 2 rings (SSSR count). The lowest BCUT2D eigenvalue weighted by atomic mass is 9.92. The summed E-state index contributed by atoms with van der Waals surface area (Å²) in [5.41, 5.74) is 6.02. The zero-order valence-electron chi connectivity index (χ0n) is 17.2. The lowest BCUT2D eigenvalue weighted by Crippen LogP contribution is -2.55. The predicted octanol–water partition coefficient (Wildman–Crippen LogP) is 1.85. The summed E-state index contributed by atoms with van der Waals surface area (Å²) >= 11 is 0. The van der Waals surface area contributed by atoms with E-state index in [1.54, 1.807) is 0 Å². The molecule has 2 saturated heterocycles. The lowest BCUT2D eigenvalue weighted by molar-refractivity contribution is -0.137. The first-order valence-corrected chi connectivity index (χ1v) is 9.80. The van der Waals surface area contributed by atoms with Crippen LogP contribution >= 0.6 is 24.8 Å². The minimum atomic E-state index is -0.399. The molecule has 2 amide bonds. The molecule has 0 aliphatic carbocycles. The van der Waals surface area contributed by atoms with Crippen molar-refractivity contribution in [3.63, 3.8) is 0 Å². The second-order valence-corrected chi connectivity index (χ2v) is 8.58. The number of nitrogens with zero attached hydrogens (tertiary/aromatic N) is 3. The zero-order valence-corrected chi connectivity index (χ0v) is 18.9. The molecule has 2 aliphatic rings. The highest BCUT2D eigenvalue weighted by Crippen LogP contribution is 2.21. The number of carbonyl (C=O) groups is 2. The lowest BCUT2D eigenvalue weighted by Gasteiger charge is -2.39. The third kappa shape index (κ3) is 8.14. The molecule has 2 heterocycles. The summed E-state index contributed by atoms with van der Waals surface area (Å²) in [6.45, 7) is 13.7. The van der Waals surface area contributed by atoms with Crippen LogP contribution in [0.1, 0.15) is 40.5 Å². The summed E-state index contributed by atoms with van der Waals surface area (Å²) in [4.78, 5) is 31.0. The van der Waals surface area contributed by atoms with Crippen molar-refractivity contribution in [2.45, 2.75) is 46.6 Å². The molecule has 3 atom stereocenters. The maximum absolute atomic E-state index is 12.6. The fraction of sp³-hybridized carbons (Fsp3) is 0.895. The van der Waals surface area contributed by atoms with Crippen molar-refractivity contribution in [2.75, 3.05) is 45.8 Å². The number of piperidine rings is 1. The highest BCUT2D eigenvalue weighted by molar-refractivity contribution is 5.85. The summed E-state index contributed by atoms with van der Waals surface area (Å²) in [6.07, 6.45) is 1.93. The van der Waals surface area contributed by atoms with Crippen LogP contribution < -0.4 is 5.73 Å². The number of amides is 2. The van der Waals surface area contributed by atoms with Crippen LogP contribution in [0.3, 0.4) is 0 Å². The number of likely N-dealkylation sites (tertiary alicyclic amines) is 1. The minimum Gasteiger partial charge on any atom is -0.341 e. The second-order valence-electron chi connectivity index (χ2n) is 8.58. The van der Waals surface area contributed by atoms with Crippen molar-refractivity contribution >= 4 is 36.6 Å². The van der Waals surface area contributed by atoms with E-state index in [4.69, 9.17) is 5.73 Å². The molecule has 0 aromatic rings. The topological polar surface area (TPSA) is 69.9 Å². The summed E-state index contributed by atoms with van der Waals surface area (Å²) in [5.74, 6) is 1.88. The van der Waals surface area contributed by atoms with E-state index in [1.165, 1.54) is 6.42 Å². The standard InChI is InChI=1S/C19H36N4O2.2ClH/c1-14(2)9-17(20)19(25)22-7-5-21(6-8-22)13-18(24)23-11-15(3)10-16(4)12-23;;/h14-17H,5-13,20H2,1-4H3;2*1H/t15?,16?,17-;;/m0../s1. The maximum Gasteiger partial charge on any atom is 0.239 e. The molecule has 0 spiro atoms. The van der Waals surface area contributed by atoms with Gasteiger partial charge in [-0.3, -0.25) is 14.5 Å². The van der Waals surface area contributed by atoms with Crippen LogP contribution in [0.25, 0.3) is 0 Å². The monoisotopic (exact) mass is 424 g/mol. The quantitative estimate of drug-likeness (QED) is 0.730. The van der Waals surface area contributed by atoms with E-state index in [2.05, 4.69) is 32.6 Å². The highest BCUT2D eigenvalue weighted by Gasteiger charge is 2.29. The third-order valence-corrected chi connectivity index (χ3v) is 5.31. The SMILES string of the molecule is CC(C)C[C@H](N)C(=O)N1CCN(CC(=O)N2CC(C)CC(C)C2)CC1.Cl.Cl. The molecule has 160 valence electrons. The Kier molecular flexibility index (Phi) is 11.8. The van der Waals surface area contributed by atoms with Crippen LogP contribution in [0.2, 0.25) is 0 Å². The largest absolute Gasteiger partial charge is 0.341 e. The Balaban J connectivity index is 0.00000338. The number of hydrogen-bond donors (Lipinski definition) is 1. The summed E-state index contributed by atoms with van der Waals surface area (Å²) in [7, 11) is 0. The van der Waals surface area contributed by atoms with E-state index in [1.807, 2.05) is 9.80 Å². The first-order chi connectivity index (χ1) is 11.8. The summed E-state index contributed by atoms with van der Waals surface area (Å²) in [5, 5.41) is 0. The molecule has 6 nitrogen and oxygen atoms in total. The van der Waals surface area contributed by atoms with Gasteiger partial charge < -0.3 is 15.5 Å². The van der Waals surface area contributed by atoms with Crippen LogP contribution in [-0.4, -0.2) is 78.4 Å². The Morgan fingerprint density at radius 1 is 0.963 bits per heavy atom. The normalized spacial score (nSPS) is 24.8. The van der Waals surface area contributed by atoms with E-state index in [0.717, 1.165) is 32.6 Å². The molecule has 8 heteroatoms. The fourth-order valence-corrected chi connectivity index (χ4v) is 4.13. The van der Waals surface area contributed by atoms with Gasteiger partial charge in [0, 0.05) is 39.3 Å². The molecule has 0 aromatic carbocycles. The highest BCUT2D eigenvalue weighted by atomic mass is 35.5. The van der Waals surface area contributed by atoms with Crippen LogP contribution in [0.4, 0.5) is 0 Å². The molecule has 2 unspecified atom stereocenters. The Hall–Kier alpha value is -0.560. The Labute approximate surface area is 177 Å². The van der Waals surface area contributed by atoms with Gasteiger partial charge in [0.05, 0.1) is 12.6 Å². The van der Waals surface area contributed by atoms with Gasteiger partial charge in [0.1, 0.15) is 0 Å². The van der Waals surface area contributed by atoms with Gasteiger partial charge in [-0.05, 0) is 30.6 Å². The minimum absolute atomic E-state index is 0. The van der Waals surface area contributed by atoms with Crippen molar-refractivity contribution in [2.24, 2.45) is 23.5 Å². The number of piperazine rings is 1. The molecule has 0 aromatic heterocycles. The van der Waals surface area contributed by atoms with Crippen LogP contribution in [0.5, 0.6) is 0 Å². The van der Waals surface area contributed by atoms with Gasteiger partial charge in [-0.1, -0.05) is 27.7 Å². The number of halogens is 2. The average Bonchev–Trinajstić information content (AvgIpc) is 2.53. The molecule has 0 saturated carbocycles. The molecular weight excluding hydrogens is 387 g/mol. The Morgan fingerprint density at radius 3 is 1.96 bits per heavy atom. The average molecular weight is 425 g/mol. The Bertz CT molecular complexity index is 461. The van der Waals surface area contributed by atoms with E-state index >= 15 is 0 Å². The van der Waals surface area contributed by atoms with Crippen LogP contribution in [-0.2, 0) is 9.59 Å². The maximum atomic E-state index is 12.6. The smallest absolute Gasteiger partial charge is 0.239 e. The third-order valence-electron chi connectivity index (χ3n) is 5.31. The van der Waals surface area contributed by atoms with Crippen LogP contribution in [0, 0.1) is 17.8 Å². The molecule has 27 heavy (non-hydrogen) atoms. The van der Waals surface area contributed by atoms with Crippen molar-refractivity contribution < 1.29 is 9.59 Å². The molecule has 2 N–H and O–H groups in total. The second kappa shape index (κ2) is 12.1. The number of rotatable bonds is 5. The number of carbonyl (C=O) groups excluding carboxylic acids is 2. The summed E-state index contributed by atoms with van der Waals surface area (Å²) < 4.78 is 0. The molecule has 0 bridgehead atoms. The number of nitrogens with two attached hydrogens (primary N) is 1. The van der Waals surface area contributed by atoms with Gasteiger partial charge in [-0.15, -0.1) is 24.8 Å². The van der Waals surface area contributed by atoms with Gasteiger partial charge in [0.15, 0.2) is 0 Å².